The van der Waals surface area contributed by atoms with E-state index in [9.17, 15) is 4.79 Å². The van der Waals surface area contributed by atoms with Crippen LogP contribution in [0.3, 0.4) is 0 Å². The minimum absolute atomic E-state index is 0.0358. The molecule has 0 saturated carbocycles. The standard InChI is InChI=1S/C29H27NO3/c1-32-28-18-17-25(19-26(28)22-33-27-15-9-4-10-16-27)29(31)30(20-23-11-5-2-6-12-23)21-24-13-7-3-8-14-24/h2-19H,20-22H2,1H3. The van der Waals surface area contributed by atoms with Gasteiger partial charge in [-0.25, -0.2) is 0 Å². The Morgan fingerprint density at radius 3 is 1.82 bits per heavy atom. The fourth-order valence-electron chi connectivity index (χ4n) is 3.69. The molecule has 4 heteroatoms. The van der Waals surface area contributed by atoms with E-state index in [-0.39, 0.29) is 5.91 Å². The van der Waals surface area contributed by atoms with E-state index in [2.05, 4.69) is 0 Å². The molecular weight excluding hydrogens is 410 g/mol. The number of hydrogen-bond donors (Lipinski definition) is 0. The van der Waals surface area contributed by atoms with Gasteiger partial charge in [0, 0.05) is 24.2 Å². The summed E-state index contributed by atoms with van der Waals surface area (Å²) in [6.07, 6.45) is 0. The SMILES string of the molecule is COc1ccc(C(=O)N(Cc2ccccc2)Cc2ccccc2)cc1COc1ccccc1. The molecule has 0 unspecified atom stereocenters. The summed E-state index contributed by atoms with van der Waals surface area (Å²) in [6, 6.07) is 35.2. The average molecular weight is 438 g/mol. The van der Waals surface area contributed by atoms with Crippen molar-refractivity contribution in [1.82, 2.24) is 4.90 Å². The highest BCUT2D eigenvalue weighted by Gasteiger charge is 2.19. The molecule has 1 amide bonds. The smallest absolute Gasteiger partial charge is 0.254 e. The predicted octanol–water partition coefficient (Wildman–Crippen LogP) is 6.12. The van der Waals surface area contributed by atoms with E-state index >= 15 is 0 Å². The summed E-state index contributed by atoms with van der Waals surface area (Å²) >= 11 is 0. The third-order valence-electron chi connectivity index (χ3n) is 5.38. The molecule has 4 nitrogen and oxygen atoms in total. The number of ether oxygens (including phenoxy) is 2. The van der Waals surface area contributed by atoms with Crippen molar-refractivity contribution in [1.29, 1.82) is 0 Å². The van der Waals surface area contributed by atoms with Gasteiger partial charge in [0.1, 0.15) is 18.1 Å². The number of nitrogens with zero attached hydrogens (tertiary/aromatic N) is 1. The van der Waals surface area contributed by atoms with Crippen LogP contribution in [0.15, 0.2) is 109 Å². The van der Waals surface area contributed by atoms with E-state index in [1.165, 1.54) is 0 Å². The van der Waals surface area contributed by atoms with Crippen LogP contribution in [0.25, 0.3) is 0 Å². The van der Waals surface area contributed by atoms with Crippen LogP contribution in [0.2, 0.25) is 0 Å². The lowest BCUT2D eigenvalue weighted by atomic mass is 10.1. The van der Waals surface area contributed by atoms with Gasteiger partial charge in [-0.15, -0.1) is 0 Å². The molecular formula is C29H27NO3. The normalized spacial score (nSPS) is 10.5. The Morgan fingerprint density at radius 2 is 1.27 bits per heavy atom. The van der Waals surface area contributed by atoms with Crippen LogP contribution in [-0.4, -0.2) is 17.9 Å². The largest absolute Gasteiger partial charge is 0.496 e. The Balaban J connectivity index is 1.59. The Hall–Kier alpha value is -4.05. The zero-order valence-corrected chi connectivity index (χ0v) is 18.7. The van der Waals surface area contributed by atoms with Crippen molar-refractivity contribution in [2.45, 2.75) is 19.7 Å². The first-order valence-corrected chi connectivity index (χ1v) is 10.9. The molecule has 0 aliphatic heterocycles. The second kappa shape index (κ2) is 11.0. The molecule has 166 valence electrons. The van der Waals surface area contributed by atoms with Crippen LogP contribution in [0.5, 0.6) is 11.5 Å². The van der Waals surface area contributed by atoms with Crippen molar-refractivity contribution >= 4 is 5.91 Å². The number of methoxy groups -OCH3 is 1. The van der Waals surface area contributed by atoms with Gasteiger partial charge in [0.15, 0.2) is 0 Å². The Kier molecular flexibility index (Phi) is 7.39. The number of rotatable bonds is 9. The van der Waals surface area contributed by atoms with Crippen molar-refractivity contribution in [2.75, 3.05) is 7.11 Å². The van der Waals surface area contributed by atoms with Crippen LogP contribution in [-0.2, 0) is 19.7 Å². The molecule has 0 atom stereocenters. The third-order valence-corrected chi connectivity index (χ3v) is 5.38. The van der Waals surface area contributed by atoms with Gasteiger partial charge in [-0.2, -0.15) is 0 Å². The molecule has 0 fully saturated rings. The second-order valence-electron chi connectivity index (χ2n) is 7.76. The summed E-state index contributed by atoms with van der Waals surface area (Å²) in [5.41, 5.74) is 3.60. The number of para-hydroxylation sites is 1. The molecule has 4 aromatic carbocycles. The second-order valence-corrected chi connectivity index (χ2v) is 7.76. The van der Waals surface area contributed by atoms with Crippen LogP contribution in [0, 0.1) is 0 Å². The molecule has 0 heterocycles. The summed E-state index contributed by atoms with van der Waals surface area (Å²) in [6.45, 7) is 1.36. The molecule has 0 spiro atoms. The summed E-state index contributed by atoms with van der Waals surface area (Å²) in [4.78, 5) is 15.5. The van der Waals surface area contributed by atoms with Crippen molar-refractivity contribution in [2.24, 2.45) is 0 Å². The van der Waals surface area contributed by atoms with Gasteiger partial charge in [-0.05, 0) is 41.5 Å². The number of benzene rings is 4. The average Bonchev–Trinajstić information content (AvgIpc) is 2.88. The van der Waals surface area contributed by atoms with Crippen molar-refractivity contribution in [3.05, 3.63) is 131 Å². The van der Waals surface area contributed by atoms with E-state index in [1.54, 1.807) is 7.11 Å². The number of carbonyl (C=O) groups is 1. The Morgan fingerprint density at radius 1 is 0.727 bits per heavy atom. The first-order valence-electron chi connectivity index (χ1n) is 10.9. The Labute approximate surface area is 195 Å². The van der Waals surface area contributed by atoms with E-state index in [0.717, 1.165) is 22.4 Å². The maximum absolute atomic E-state index is 13.6. The van der Waals surface area contributed by atoms with Gasteiger partial charge >= 0.3 is 0 Å². The monoisotopic (exact) mass is 437 g/mol. The summed E-state index contributed by atoms with van der Waals surface area (Å²) in [5, 5.41) is 0. The lowest BCUT2D eigenvalue weighted by Crippen LogP contribution is -2.30. The zero-order chi connectivity index (χ0) is 22.9. The summed E-state index contributed by atoms with van der Waals surface area (Å²) in [7, 11) is 1.62. The molecule has 0 bridgehead atoms. The van der Waals surface area contributed by atoms with Crippen LogP contribution in [0.4, 0.5) is 0 Å². The predicted molar refractivity (Wildman–Crippen MR) is 130 cm³/mol. The molecule has 33 heavy (non-hydrogen) atoms. The van der Waals surface area contributed by atoms with Gasteiger partial charge in [0.2, 0.25) is 0 Å². The Bertz CT molecular complexity index is 1120. The van der Waals surface area contributed by atoms with Crippen LogP contribution >= 0.6 is 0 Å². The lowest BCUT2D eigenvalue weighted by Gasteiger charge is -2.24. The molecule has 0 aromatic heterocycles. The van der Waals surface area contributed by atoms with Crippen molar-refractivity contribution in [3.63, 3.8) is 0 Å². The molecule has 0 aliphatic carbocycles. The molecule has 0 radical (unpaired) electrons. The molecule has 0 N–H and O–H groups in total. The fourth-order valence-corrected chi connectivity index (χ4v) is 3.69. The quantitative estimate of drug-likeness (QED) is 0.317. The highest BCUT2D eigenvalue weighted by atomic mass is 16.5. The first kappa shape index (κ1) is 22.2. The highest BCUT2D eigenvalue weighted by molar-refractivity contribution is 5.94. The van der Waals surface area contributed by atoms with E-state index in [4.69, 9.17) is 9.47 Å². The van der Waals surface area contributed by atoms with Crippen molar-refractivity contribution in [3.8, 4) is 11.5 Å². The van der Waals surface area contributed by atoms with E-state index in [1.807, 2.05) is 114 Å². The molecule has 4 aromatic rings. The fraction of sp³-hybridized carbons (Fsp3) is 0.138. The van der Waals surface area contributed by atoms with Gasteiger partial charge in [-0.3, -0.25) is 4.79 Å². The molecule has 0 aliphatic rings. The van der Waals surface area contributed by atoms with Crippen LogP contribution < -0.4 is 9.47 Å². The maximum atomic E-state index is 13.6. The van der Waals surface area contributed by atoms with E-state index < -0.39 is 0 Å². The van der Waals surface area contributed by atoms with Gasteiger partial charge in [0.05, 0.1) is 7.11 Å². The number of hydrogen-bond acceptors (Lipinski definition) is 3. The number of carbonyl (C=O) groups excluding carboxylic acids is 1. The summed E-state index contributed by atoms with van der Waals surface area (Å²) < 4.78 is 11.4. The highest BCUT2D eigenvalue weighted by Crippen LogP contribution is 2.24. The van der Waals surface area contributed by atoms with Crippen molar-refractivity contribution < 1.29 is 14.3 Å². The van der Waals surface area contributed by atoms with Gasteiger partial charge < -0.3 is 14.4 Å². The van der Waals surface area contributed by atoms with Gasteiger partial charge in [0.25, 0.3) is 5.91 Å². The molecule has 0 saturated heterocycles. The number of amides is 1. The van der Waals surface area contributed by atoms with Crippen LogP contribution in [0.1, 0.15) is 27.0 Å². The molecule has 4 rings (SSSR count). The lowest BCUT2D eigenvalue weighted by molar-refractivity contribution is 0.0730. The first-order chi connectivity index (χ1) is 16.2. The maximum Gasteiger partial charge on any atom is 0.254 e. The topological polar surface area (TPSA) is 38.8 Å². The van der Waals surface area contributed by atoms with E-state index in [0.29, 0.717) is 31.0 Å². The minimum atomic E-state index is -0.0358. The third kappa shape index (κ3) is 6.01. The minimum Gasteiger partial charge on any atom is -0.496 e. The summed E-state index contributed by atoms with van der Waals surface area (Å²) in [5.74, 6) is 1.43. The zero-order valence-electron chi connectivity index (χ0n) is 18.7. The van der Waals surface area contributed by atoms with Gasteiger partial charge in [-0.1, -0.05) is 78.9 Å².